The zero-order valence-corrected chi connectivity index (χ0v) is 10.1. The Bertz CT molecular complexity index is 583. The molecular weight excluding hydrogens is 245 g/mol. The first-order valence-electron chi connectivity index (χ1n) is 5.35. The molecule has 0 unspecified atom stereocenters. The summed E-state index contributed by atoms with van der Waals surface area (Å²) in [5.74, 6) is -0.827. The van der Waals surface area contributed by atoms with Crippen LogP contribution < -0.4 is 10.6 Å². The Labute approximate surface area is 103 Å². The largest absolute Gasteiger partial charge is 0.462 e. The molecule has 90 valence electrons. The molecule has 1 aliphatic rings. The number of fused-ring (bicyclic) bond motifs is 1. The molecule has 1 heterocycles. The molecule has 0 atom stereocenters. The first kappa shape index (κ1) is 12.0. The topological polar surface area (TPSA) is 39.2 Å². The molecule has 0 spiro atoms. The lowest BCUT2D eigenvalue weighted by atomic mass is 10.1. The lowest BCUT2D eigenvalue weighted by Crippen LogP contribution is -2.34. The molecule has 17 heavy (non-hydrogen) atoms. The molecule has 2 rings (SSSR count). The van der Waals surface area contributed by atoms with E-state index >= 15 is 0 Å². The molecule has 1 aromatic heterocycles. The van der Waals surface area contributed by atoms with Crippen molar-refractivity contribution in [2.75, 3.05) is 6.61 Å². The molecule has 0 aromatic carbocycles. The Kier molecular flexibility index (Phi) is 3.43. The summed E-state index contributed by atoms with van der Waals surface area (Å²) in [5.41, 5.74) is 0.179. The van der Waals surface area contributed by atoms with Crippen LogP contribution in [0.15, 0.2) is 6.20 Å². The van der Waals surface area contributed by atoms with Gasteiger partial charge in [-0.3, -0.25) is 4.98 Å². The maximum atomic E-state index is 13.5. The Balaban J connectivity index is 2.62. The molecule has 0 bridgehead atoms. The lowest BCUT2D eigenvalue weighted by Gasteiger charge is -2.07. The molecule has 0 saturated heterocycles. The highest BCUT2D eigenvalue weighted by molar-refractivity contribution is 6.33. The van der Waals surface area contributed by atoms with Gasteiger partial charge in [-0.1, -0.05) is 17.7 Å². The number of nitrogens with zero attached hydrogens (tertiary/aromatic N) is 1. The van der Waals surface area contributed by atoms with Crippen molar-refractivity contribution in [1.82, 2.24) is 4.98 Å². The van der Waals surface area contributed by atoms with Crippen LogP contribution in [0.1, 0.15) is 30.1 Å². The summed E-state index contributed by atoms with van der Waals surface area (Å²) in [5, 5.41) is 0.929. The zero-order chi connectivity index (χ0) is 12.4. The van der Waals surface area contributed by atoms with Gasteiger partial charge in [0.05, 0.1) is 17.2 Å². The van der Waals surface area contributed by atoms with E-state index in [-0.39, 0.29) is 28.4 Å². The number of carbonyl (C=O) groups is 1. The maximum Gasteiger partial charge on any atom is 0.341 e. The lowest BCUT2D eigenvalue weighted by molar-refractivity contribution is 0.0526. The fourth-order valence-electron chi connectivity index (χ4n) is 1.72. The number of ether oxygens (including phenoxy) is 1. The van der Waals surface area contributed by atoms with Crippen LogP contribution in [0, 0.1) is 0 Å². The van der Waals surface area contributed by atoms with Gasteiger partial charge < -0.3 is 4.74 Å². The fraction of sp³-hybridized carbons (Fsp3) is 0.333. The van der Waals surface area contributed by atoms with E-state index in [2.05, 4.69) is 4.98 Å². The second kappa shape index (κ2) is 4.84. The second-order valence-electron chi connectivity index (χ2n) is 3.62. The van der Waals surface area contributed by atoms with Gasteiger partial charge in [-0.2, -0.15) is 0 Å². The number of aromatic nitrogens is 1. The van der Waals surface area contributed by atoms with E-state index < -0.39 is 5.97 Å². The summed E-state index contributed by atoms with van der Waals surface area (Å²) in [4.78, 5) is 15.5. The number of pyridine rings is 1. The summed E-state index contributed by atoms with van der Waals surface area (Å²) >= 11 is 6.07. The highest BCUT2D eigenvalue weighted by Gasteiger charge is 2.16. The van der Waals surface area contributed by atoms with Gasteiger partial charge >= 0.3 is 5.97 Å². The van der Waals surface area contributed by atoms with Crippen LogP contribution in [-0.4, -0.2) is 17.6 Å². The number of hydrogen-bond donors (Lipinski definition) is 0. The summed E-state index contributed by atoms with van der Waals surface area (Å²) in [6.07, 6.45) is 3.94. The van der Waals surface area contributed by atoms with Crippen molar-refractivity contribution in [2.24, 2.45) is 0 Å². The van der Waals surface area contributed by atoms with Gasteiger partial charge in [-0.25, -0.2) is 9.18 Å². The minimum Gasteiger partial charge on any atom is -0.462 e. The van der Waals surface area contributed by atoms with E-state index in [1.165, 1.54) is 6.20 Å². The summed E-state index contributed by atoms with van der Waals surface area (Å²) in [6, 6.07) is 0. The maximum absolute atomic E-state index is 13.5. The monoisotopic (exact) mass is 255 g/mol. The normalized spacial score (nSPS) is 13.9. The van der Waals surface area contributed by atoms with Crippen molar-refractivity contribution >= 4 is 29.5 Å². The number of esters is 1. The quantitative estimate of drug-likeness (QED) is 0.753. The van der Waals surface area contributed by atoms with Gasteiger partial charge in [0.15, 0.2) is 0 Å². The predicted octanol–water partition coefficient (Wildman–Crippen LogP) is 1.56. The summed E-state index contributed by atoms with van der Waals surface area (Å²) < 4.78 is 18.3. The zero-order valence-electron chi connectivity index (χ0n) is 9.30. The average Bonchev–Trinajstić information content (AvgIpc) is 2.31. The van der Waals surface area contributed by atoms with Gasteiger partial charge in [-0.05, 0) is 13.3 Å². The Hall–Kier alpha value is -1.42. The predicted molar refractivity (Wildman–Crippen MR) is 62.7 cm³/mol. The highest BCUT2D eigenvalue weighted by Crippen LogP contribution is 2.14. The summed E-state index contributed by atoms with van der Waals surface area (Å²) in [7, 11) is 0. The van der Waals surface area contributed by atoms with Crippen LogP contribution in [-0.2, 0) is 4.74 Å². The first-order valence-corrected chi connectivity index (χ1v) is 5.73. The molecule has 0 fully saturated rings. The van der Waals surface area contributed by atoms with Gasteiger partial charge in [0.1, 0.15) is 11.2 Å². The van der Waals surface area contributed by atoms with Crippen molar-refractivity contribution in [3.63, 3.8) is 0 Å². The molecule has 0 radical (unpaired) electrons. The summed E-state index contributed by atoms with van der Waals surface area (Å²) in [6.45, 7) is 1.97. The average molecular weight is 256 g/mol. The van der Waals surface area contributed by atoms with Crippen LogP contribution in [0.3, 0.4) is 0 Å². The molecule has 5 heteroatoms. The second-order valence-corrected chi connectivity index (χ2v) is 3.99. The number of halogens is 2. The molecule has 0 amide bonds. The first-order chi connectivity index (χ1) is 8.15. The van der Waals surface area contributed by atoms with Gasteiger partial charge in [0, 0.05) is 17.8 Å². The van der Waals surface area contributed by atoms with E-state index in [4.69, 9.17) is 16.3 Å². The van der Waals surface area contributed by atoms with Crippen molar-refractivity contribution in [3.05, 3.63) is 27.4 Å². The van der Waals surface area contributed by atoms with Crippen molar-refractivity contribution in [3.8, 4) is 0 Å². The SMILES string of the molecule is CCOC(=O)c1cnc2c(c1Cl)=CCCC=2F. The van der Waals surface area contributed by atoms with E-state index in [0.717, 1.165) is 0 Å². The molecular formula is C12H11ClFNO2. The Morgan fingerprint density at radius 1 is 1.65 bits per heavy atom. The minimum atomic E-state index is -0.535. The number of hydrogen-bond acceptors (Lipinski definition) is 3. The standard InChI is InChI=1S/C12H11ClFNO2/c1-2-17-12(16)8-6-15-11-7(10(8)13)4-3-5-9(11)14/h4,6H,2-3,5H2,1H3. The molecule has 3 nitrogen and oxygen atoms in total. The van der Waals surface area contributed by atoms with Gasteiger partial charge in [0.25, 0.3) is 0 Å². The van der Waals surface area contributed by atoms with E-state index in [0.29, 0.717) is 18.1 Å². The van der Waals surface area contributed by atoms with Crippen molar-refractivity contribution in [2.45, 2.75) is 19.8 Å². The van der Waals surface area contributed by atoms with Crippen LogP contribution in [0.2, 0.25) is 5.02 Å². The molecule has 0 saturated carbocycles. The van der Waals surface area contributed by atoms with Gasteiger partial charge in [0.2, 0.25) is 0 Å². The van der Waals surface area contributed by atoms with Crippen LogP contribution in [0.4, 0.5) is 4.39 Å². The molecule has 1 aromatic rings. The van der Waals surface area contributed by atoms with Crippen molar-refractivity contribution in [1.29, 1.82) is 0 Å². The number of rotatable bonds is 2. The third-order valence-electron chi connectivity index (χ3n) is 2.52. The van der Waals surface area contributed by atoms with Crippen LogP contribution in [0.25, 0.3) is 11.9 Å². The number of carbonyl (C=O) groups excluding carboxylic acids is 1. The smallest absolute Gasteiger partial charge is 0.341 e. The van der Waals surface area contributed by atoms with E-state index in [9.17, 15) is 9.18 Å². The highest BCUT2D eigenvalue weighted by atomic mass is 35.5. The third-order valence-corrected chi connectivity index (χ3v) is 2.92. The fourth-order valence-corrected chi connectivity index (χ4v) is 2.01. The van der Waals surface area contributed by atoms with Crippen LogP contribution in [0.5, 0.6) is 0 Å². The molecule has 0 N–H and O–H groups in total. The van der Waals surface area contributed by atoms with E-state index in [1.54, 1.807) is 13.0 Å². The Morgan fingerprint density at radius 2 is 2.41 bits per heavy atom. The Morgan fingerprint density at radius 3 is 3.12 bits per heavy atom. The van der Waals surface area contributed by atoms with Crippen molar-refractivity contribution < 1.29 is 13.9 Å². The van der Waals surface area contributed by atoms with E-state index in [1.807, 2.05) is 0 Å². The third kappa shape index (κ3) is 2.17. The minimum absolute atomic E-state index is 0.179. The molecule has 1 aliphatic carbocycles. The molecule has 0 aliphatic heterocycles. The van der Waals surface area contributed by atoms with Crippen LogP contribution >= 0.6 is 11.6 Å². The van der Waals surface area contributed by atoms with Gasteiger partial charge in [-0.15, -0.1) is 0 Å².